The summed E-state index contributed by atoms with van der Waals surface area (Å²) in [6.07, 6.45) is 3.08. The summed E-state index contributed by atoms with van der Waals surface area (Å²) in [5.74, 6) is 0.481. The number of nitrogens with one attached hydrogen (secondary N) is 2. The Morgan fingerprint density at radius 3 is 2.42 bits per heavy atom. The second-order valence-electron chi connectivity index (χ2n) is 5.27. The van der Waals surface area contributed by atoms with Crippen LogP contribution < -0.4 is 16.4 Å². The van der Waals surface area contributed by atoms with E-state index in [0.717, 1.165) is 19.3 Å². The number of amides is 2. The van der Waals surface area contributed by atoms with Gasteiger partial charge in [0.05, 0.1) is 0 Å². The highest BCUT2D eigenvalue weighted by Crippen LogP contribution is 2.30. The molecule has 1 aliphatic carbocycles. The van der Waals surface area contributed by atoms with E-state index >= 15 is 0 Å². The summed E-state index contributed by atoms with van der Waals surface area (Å²) in [7, 11) is 0. The van der Waals surface area contributed by atoms with Crippen LogP contribution in [0.2, 0.25) is 0 Å². The number of hydrogen-bond donors (Lipinski definition) is 3. The van der Waals surface area contributed by atoms with E-state index in [0.29, 0.717) is 25.6 Å². The van der Waals surface area contributed by atoms with Gasteiger partial charge in [0.25, 0.3) is 0 Å². The van der Waals surface area contributed by atoms with Gasteiger partial charge in [-0.25, -0.2) is 0 Å². The lowest BCUT2D eigenvalue weighted by atomic mass is 9.95. The lowest BCUT2D eigenvalue weighted by Gasteiger charge is -2.17. The van der Waals surface area contributed by atoms with Gasteiger partial charge in [0.15, 0.2) is 0 Å². The predicted octanol–water partition coefficient (Wildman–Crippen LogP) is 0.672. The Kier molecular flexibility index (Phi) is 8.76. The Labute approximate surface area is 121 Å². The minimum Gasteiger partial charge on any atom is -0.354 e. The summed E-state index contributed by atoms with van der Waals surface area (Å²) < 4.78 is 0. The zero-order chi connectivity index (χ0) is 13.5. The van der Waals surface area contributed by atoms with Crippen LogP contribution in [-0.4, -0.2) is 31.4 Å². The molecule has 0 bridgehead atoms. The van der Waals surface area contributed by atoms with Gasteiger partial charge in [-0.05, 0) is 25.3 Å². The molecule has 0 aromatic carbocycles. The van der Waals surface area contributed by atoms with E-state index in [-0.39, 0.29) is 36.1 Å². The van der Waals surface area contributed by atoms with Crippen molar-refractivity contribution in [1.82, 2.24) is 10.6 Å². The van der Waals surface area contributed by atoms with Gasteiger partial charge in [-0.1, -0.05) is 20.3 Å². The topological polar surface area (TPSA) is 84.2 Å². The first kappa shape index (κ1) is 18.2. The molecule has 1 rings (SSSR count). The van der Waals surface area contributed by atoms with Crippen molar-refractivity contribution in [3.8, 4) is 0 Å². The van der Waals surface area contributed by atoms with Crippen molar-refractivity contribution in [1.29, 1.82) is 0 Å². The summed E-state index contributed by atoms with van der Waals surface area (Å²) in [4.78, 5) is 23.2. The molecule has 0 heterocycles. The number of carbonyl (C=O) groups excluding carboxylic acids is 2. The summed E-state index contributed by atoms with van der Waals surface area (Å²) in [6, 6.07) is 0. The third kappa shape index (κ3) is 5.78. The molecule has 112 valence electrons. The average Bonchev–Trinajstić information content (AvgIpc) is 2.82. The molecule has 1 fully saturated rings. The van der Waals surface area contributed by atoms with Gasteiger partial charge in [-0.15, -0.1) is 12.4 Å². The highest BCUT2D eigenvalue weighted by Gasteiger charge is 2.31. The van der Waals surface area contributed by atoms with Gasteiger partial charge in [-0.3, -0.25) is 9.59 Å². The molecule has 0 aliphatic heterocycles. The molecule has 2 atom stereocenters. The number of halogens is 1. The minimum absolute atomic E-state index is 0. The first-order valence-corrected chi connectivity index (χ1v) is 6.81. The molecule has 1 saturated carbocycles. The first-order valence-electron chi connectivity index (χ1n) is 6.81. The van der Waals surface area contributed by atoms with Gasteiger partial charge in [0.1, 0.15) is 0 Å². The lowest BCUT2D eigenvalue weighted by Crippen LogP contribution is -2.40. The summed E-state index contributed by atoms with van der Waals surface area (Å²) >= 11 is 0. The van der Waals surface area contributed by atoms with Crippen molar-refractivity contribution in [2.45, 2.75) is 33.1 Å². The Morgan fingerprint density at radius 2 is 1.84 bits per heavy atom. The van der Waals surface area contributed by atoms with Crippen LogP contribution in [0.1, 0.15) is 33.1 Å². The van der Waals surface area contributed by atoms with Crippen molar-refractivity contribution in [3.05, 3.63) is 0 Å². The molecule has 6 heteroatoms. The number of rotatable bonds is 6. The Hall–Kier alpha value is -0.810. The standard InChI is InChI=1S/C13H25N3O2.ClH/c1-9(2)12(17)15-6-7-16-13(18)11-5-3-4-10(11)8-14;/h9-11H,3-8,14H2,1-2H3,(H,15,17)(H,16,18);1H/t10-,11-;/m1./s1. The maximum absolute atomic E-state index is 11.9. The van der Waals surface area contributed by atoms with Gasteiger partial charge in [0.2, 0.25) is 11.8 Å². The highest BCUT2D eigenvalue weighted by atomic mass is 35.5. The molecule has 0 spiro atoms. The third-order valence-corrected chi connectivity index (χ3v) is 3.55. The number of carbonyl (C=O) groups is 2. The van der Waals surface area contributed by atoms with Gasteiger partial charge in [0, 0.05) is 24.9 Å². The predicted molar refractivity (Wildman–Crippen MR) is 78.0 cm³/mol. The molecule has 0 aromatic heterocycles. The Morgan fingerprint density at radius 1 is 1.21 bits per heavy atom. The van der Waals surface area contributed by atoms with Crippen molar-refractivity contribution in [3.63, 3.8) is 0 Å². The molecule has 5 nitrogen and oxygen atoms in total. The van der Waals surface area contributed by atoms with Gasteiger partial charge < -0.3 is 16.4 Å². The summed E-state index contributed by atoms with van der Waals surface area (Å²) in [5, 5.41) is 5.65. The Bertz CT molecular complexity index is 298. The fourth-order valence-electron chi connectivity index (χ4n) is 2.37. The quantitative estimate of drug-likeness (QED) is 0.629. The molecule has 0 unspecified atom stereocenters. The second-order valence-corrected chi connectivity index (χ2v) is 5.27. The molecular weight excluding hydrogens is 266 g/mol. The zero-order valence-electron chi connectivity index (χ0n) is 11.8. The smallest absolute Gasteiger partial charge is 0.223 e. The van der Waals surface area contributed by atoms with Crippen LogP contribution in [0.3, 0.4) is 0 Å². The highest BCUT2D eigenvalue weighted by molar-refractivity contribution is 5.85. The minimum atomic E-state index is -0.0165. The molecule has 2 amide bonds. The van der Waals surface area contributed by atoms with Crippen molar-refractivity contribution < 1.29 is 9.59 Å². The summed E-state index contributed by atoms with van der Waals surface area (Å²) in [6.45, 7) is 5.26. The van der Waals surface area contributed by atoms with E-state index in [1.807, 2.05) is 13.8 Å². The van der Waals surface area contributed by atoms with Crippen LogP contribution >= 0.6 is 12.4 Å². The largest absolute Gasteiger partial charge is 0.354 e. The monoisotopic (exact) mass is 291 g/mol. The van der Waals surface area contributed by atoms with Crippen LogP contribution in [0.5, 0.6) is 0 Å². The lowest BCUT2D eigenvalue weighted by molar-refractivity contribution is -0.127. The third-order valence-electron chi connectivity index (χ3n) is 3.55. The van der Waals surface area contributed by atoms with Gasteiger partial charge in [-0.2, -0.15) is 0 Å². The van der Waals surface area contributed by atoms with Crippen LogP contribution in [0.15, 0.2) is 0 Å². The number of hydrogen-bond acceptors (Lipinski definition) is 3. The zero-order valence-corrected chi connectivity index (χ0v) is 12.6. The SMILES string of the molecule is CC(C)C(=O)NCCNC(=O)[C@@H]1CCC[C@@H]1CN.Cl. The molecule has 0 aromatic rings. The van der Waals surface area contributed by atoms with E-state index in [9.17, 15) is 9.59 Å². The van der Waals surface area contributed by atoms with Crippen LogP contribution in [0.25, 0.3) is 0 Å². The number of nitrogens with two attached hydrogens (primary N) is 1. The molecule has 4 N–H and O–H groups in total. The van der Waals surface area contributed by atoms with E-state index in [4.69, 9.17) is 5.73 Å². The van der Waals surface area contributed by atoms with Crippen LogP contribution in [-0.2, 0) is 9.59 Å². The molecule has 0 saturated heterocycles. The first-order chi connectivity index (χ1) is 8.56. The Balaban J connectivity index is 0.00000324. The maximum atomic E-state index is 11.9. The maximum Gasteiger partial charge on any atom is 0.223 e. The van der Waals surface area contributed by atoms with E-state index in [2.05, 4.69) is 10.6 Å². The molecule has 1 aliphatic rings. The average molecular weight is 292 g/mol. The van der Waals surface area contributed by atoms with E-state index in [1.165, 1.54) is 0 Å². The fourth-order valence-corrected chi connectivity index (χ4v) is 2.37. The second kappa shape index (κ2) is 9.15. The van der Waals surface area contributed by atoms with Crippen LogP contribution in [0.4, 0.5) is 0 Å². The van der Waals surface area contributed by atoms with Crippen molar-refractivity contribution in [2.24, 2.45) is 23.5 Å². The molecule has 0 radical (unpaired) electrons. The van der Waals surface area contributed by atoms with Gasteiger partial charge >= 0.3 is 0 Å². The molecule has 19 heavy (non-hydrogen) atoms. The van der Waals surface area contributed by atoms with E-state index < -0.39 is 0 Å². The van der Waals surface area contributed by atoms with Crippen molar-refractivity contribution >= 4 is 24.2 Å². The van der Waals surface area contributed by atoms with E-state index in [1.54, 1.807) is 0 Å². The van der Waals surface area contributed by atoms with Crippen LogP contribution in [0, 0.1) is 17.8 Å². The van der Waals surface area contributed by atoms with Crippen molar-refractivity contribution in [2.75, 3.05) is 19.6 Å². The fraction of sp³-hybridized carbons (Fsp3) is 0.846. The summed E-state index contributed by atoms with van der Waals surface area (Å²) in [5.41, 5.74) is 5.65. The normalized spacial score (nSPS) is 21.9. The molecular formula is C13H26ClN3O2.